The number of ether oxygens (including phenoxy) is 1. The first-order valence-corrected chi connectivity index (χ1v) is 8.79. The topological polar surface area (TPSA) is 116 Å². The molecule has 5 N–H and O–H groups in total. The summed E-state index contributed by atoms with van der Waals surface area (Å²) >= 11 is 0. The van der Waals surface area contributed by atoms with Crippen molar-refractivity contribution in [2.24, 2.45) is 0 Å². The summed E-state index contributed by atoms with van der Waals surface area (Å²) in [5.74, 6) is 0.960. The first-order chi connectivity index (χ1) is 11.9. The second-order valence-electron chi connectivity index (χ2n) is 5.35. The summed E-state index contributed by atoms with van der Waals surface area (Å²) in [5.41, 5.74) is 14.4. The number of nitrogens with two attached hydrogens (primary N) is 2. The van der Waals surface area contributed by atoms with Crippen molar-refractivity contribution in [1.29, 1.82) is 0 Å². The minimum absolute atomic E-state index is 0.201. The molecule has 3 rings (SSSR count). The molecular weight excluding hydrogens is 340 g/mol. The lowest BCUT2D eigenvalue weighted by Crippen LogP contribution is -1.98. The van der Waals surface area contributed by atoms with Gasteiger partial charge in [-0.25, -0.2) is 0 Å². The molecule has 0 atom stereocenters. The van der Waals surface area contributed by atoms with E-state index in [1.165, 1.54) is 24.3 Å². The fourth-order valence-electron chi connectivity index (χ4n) is 2.40. The van der Waals surface area contributed by atoms with Gasteiger partial charge >= 0.3 is 0 Å². The molecule has 0 spiro atoms. The standard InChI is InChI=1S/C18H16N2O4S/c19-16-6-3-5-15(18(16)20)14-4-1-2-7-17(14)24-12-8-10-13(11-9-12)25(21,22)23/h1-11H,19-20H2,(H,21,22,23). The van der Waals surface area contributed by atoms with Crippen LogP contribution in [-0.2, 0) is 10.1 Å². The molecular formula is C18H16N2O4S. The summed E-state index contributed by atoms with van der Waals surface area (Å²) in [6.45, 7) is 0. The molecule has 0 unspecified atom stereocenters. The number of benzene rings is 3. The molecule has 3 aromatic carbocycles. The van der Waals surface area contributed by atoms with Crippen molar-refractivity contribution in [1.82, 2.24) is 0 Å². The Hall–Kier alpha value is -3.03. The Kier molecular flexibility index (Phi) is 4.35. The lowest BCUT2D eigenvalue weighted by atomic mass is 10.0. The smallest absolute Gasteiger partial charge is 0.294 e. The molecule has 0 bridgehead atoms. The highest BCUT2D eigenvalue weighted by Crippen LogP contribution is 2.38. The predicted molar refractivity (Wildman–Crippen MR) is 97.0 cm³/mol. The summed E-state index contributed by atoms with van der Waals surface area (Å²) in [6, 6.07) is 18.1. The molecule has 0 fully saturated rings. The second kappa shape index (κ2) is 6.46. The predicted octanol–water partition coefficient (Wildman–Crippen LogP) is 3.56. The molecule has 0 amide bonds. The van der Waals surface area contributed by atoms with E-state index >= 15 is 0 Å². The van der Waals surface area contributed by atoms with Crippen molar-refractivity contribution in [2.75, 3.05) is 11.5 Å². The first kappa shape index (κ1) is 16.8. The molecule has 0 heterocycles. The average Bonchev–Trinajstić information content (AvgIpc) is 2.58. The Bertz CT molecular complexity index is 1020. The van der Waals surface area contributed by atoms with E-state index in [4.69, 9.17) is 20.8 Å². The van der Waals surface area contributed by atoms with Crippen LogP contribution in [0.1, 0.15) is 0 Å². The fourth-order valence-corrected chi connectivity index (χ4v) is 2.88. The van der Waals surface area contributed by atoms with E-state index in [9.17, 15) is 8.42 Å². The molecule has 3 aromatic rings. The molecule has 0 radical (unpaired) electrons. The molecule has 6 nitrogen and oxygen atoms in total. The SMILES string of the molecule is Nc1cccc(-c2ccccc2Oc2ccc(S(=O)(=O)O)cc2)c1N. The van der Waals surface area contributed by atoms with Gasteiger partial charge in [-0.2, -0.15) is 8.42 Å². The van der Waals surface area contributed by atoms with E-state index in [1.54, 1.807) is 18.2 Å². The van der Waals surface area contributed by atoms with Crippen LogP contribution < -0.4 is 16.2 Å². The van der Waals surface area contributed by atoms with Crippen molar-refractivity contribution in [3.8, 4) is 22.6 Å². The zero-order valence-electron chi connectivity index (χ0n) is 13.1. The molecule has 0 aromatic heterocycles. The van der Waals surface area contributed by atoms with Crippen LogP contribution in [0.2, 0.25) is 0 Å². The molecule has 0 saturated carbocycles. The minimum Gasteiger partial charge on any atom is -0.457 e. The van der Waals surface area contributed by atoms with E-state index < -0.39 is 10.1 Å². The average molecular weight is 356 g/mol. The van der Waals surface area contributed by atoms with Gasteiger partial charge in [-0.15, -0.1) is 0 Å². The van der Waals surface area contributed by atoms with Crippen molar-refractivity contribution >= 4 is 21.5 Å². The Morgan fingerprint density at radius 3 is 2.12 bits per heavy atom. The van der Waals surface area contributed by atoms with Crippen LogP contribution in [0.3, 0.4) is 0 Å². The zero-order valence-corrected chi connectivity index (χ0v) is 13.9. The van der Waals surface area contributed by atoms with Gasteiger partial charge in [0.15, 0.2) is 0 Å². The summed E-state index contributed by atoms with van der Waals surface area (Å²) in [5, 5.41) is 0. The van der Waals surface area contributed by atoms with Gasteiger partial charge in [-0.1, -0.05) is 30.3 Å². The molecule has 0 aliphatic heterocycles. The lowest BCUT2D eigenvalue weighted by molar-refractivity contribution is 0.479. The lowest BCUT2D eigenvalue weighted by Gasteiger charge is -2.14. The van der Waals surface area contributed by atoms with Gasteiger partial charge in [0.05, 0.1) is 16.3 Å². The Labute approximate surface area is 145 Å². The van der Waals surface area contributed by atoms with Gasteiger partial charge in [-0.3, -0.25) is 4.55 Å². The van der Waals surface area contributed by atoms with Crippen LogP contribution >= 0.6 is 0 Å². The fraction of sp³-hybridized carbons (Fsp3) is 0. The van der Waals surface area contributed by atoms with Gasteiger partial charge in [0.25, 0.3) is 10.1 Å². The maximum atomic E-state index is 11.1. The normalized spacial score (nSPS) is 11.2. The molecule has 0 saturated heterocycles. The monoisotopic (exact) mass is 356 g/mol. The van der Waals surface area contributed by atoms with E-state index in [0.29, 0.717) is 22.9 Å². The minimum atomic E-state index is -4.24. The largest absolute Gasteiger partial charge is 0.457 e. The van der Waals surface area contributed by atoms with Gasteiger partial charge in [0.2, 0.25) is 0 Å². The second-order valence-corrected chi connectivity index (χ2v) is 6.77. The van der Waals surface area contributed by atoms with Crippen LogP contribution in [0, 0.1) is 0 Å². The van der Waals surface area contributed by atoms with Crippen LogP contribution in [-0.4, -0.2) is 13.0 Å². The maximum Gasteiger partial charge on any atom is 0.294 e. The van der Waals surface area contributed by atoms with Crippen molar-refractivity contribution < 1.29 is 17.7 Å². The zero-order chi connectivity index (χ0) is 18.0. The highest BCUT2D eigenvalue weighted by atomic mass is 32.2. The summed E-state index contributed by atoms with van der Waals surface area (Å²) in [6.07, 6.45) is 0. The van der Waals surface area contributed by atoms with Crippen LogP contribution in [0.15, 0.2) is 71.6 Å². The third kappa shape index (κ3) is 3.57. The van der Waals surface area contributed by atoms with E-state index in [0.717, 1.165) is 11.1 Å². The van der Waals surface area contributed by atoms with Gasteiger partial charge < -0.3 is 16.2 Å². The molecule has 25 heavy (non-hydrogen) atoms. The van der Waals surface area contributed by atoms with Crippen molar-refractivity contribution in [2.45, 2.75) is 4.90 Å². The summed E-state index contributed by atoms with van der Waals surface area (Å²) < 4.78 is 37.1. The summed E-state index contributed by atoms with van der Waals surface area (Å²) in [7, 11) is -4.24. The Morgan fingerprint density at radius 1 is 0.800 bits per heavy atom. The molecule has 0 aliphatic rings. The number of rotatable bonds is 4. The van der Waals surface area contributed by atoms with Crippen LogP contribution in [0.25, 0.3) is 11.1 Å². The Morgan fingerprint density at radius 2 is 1.44 bits per heavy atom. The Balaban J connectivity index is 1.98. The van der Waals surface area contributed by atoms with Crippen LogP contribution in [0.5, 0.6) is 11.5 Å². The number of anilines is 2. The van der Waals surface area contributed by atoms with E-state index in [-0.39, 0.29) is 4.90 Å². The third-order valence-corrected chi connectivity index (χ3v) is 4.53. The van der Waals surface area contributed by atoms with E-state index in [1.807, 2.05) is 24.3 Å². The molecule has 7 heteroatoms. The van der Waals surface area contributed by atoms with Crippen LogP contribution in [0.4, 0.5) is 11.4 Å². The highest BCUT2D eigenvalue weighted by Gasteiger charge is 2.12. The number of para-hydroxylation sites is 2. The van der Waals surface area contributed by atoms with Crippen molar-refractivity contribution in [3.05, 3.63) is 66.7 Å². The van der Waals surface area contributed by atoms with Gasteiger partial charge in [0.1, 0.15) is 11.5 Å². The summed E-state index contributed by atoms with van der Waals surface area (Å²) in [4.78, 5) is -0.201. The number of nitrogen functional groups attached to an aromatic ring is 2. The third-order valence-electron chi connectivity index (χ3n) is 3.67. The molecule has 128 valence electrons. The van der Waals surface area contributed by atoms with Crippen molar-refractivity contribution in [3.63, 3.8) is 0 Å². The number of hydrogen-bond donors (Lipinski definition) is 3. The first-order valence-electron chi connectivity index (χ1n) is 7.35. The molecule has 0 aliphatic carbocycles. The highest BCUT2D eigenvalue weighted by molar-refractivity contribution is 7.85. The quantitative estimate of drug-likeness (QED) is 0.486. The van der Waals surface area contributed by atoms with E-state index in [2.05, 4.69) is 0 Å². The number of hydrogen-bond acceptors (Lipinski definition) is 5. The maximum absolute atomic E-state index is 11.1. The van der Waals surface area contributed by atoms with Gasteiger partial charge in [0, 0.05) is 11.1 Å². The van der Waals surface area contributed by atoms with Gasteiger partial charge in [-0.05, 0) is 36.4 Å².